The highest BCUT2D eigenvalue weighted by Crippen LogP contribution is 2.48. The van der Waals surface area contributed by atoms with Crippen molar-refractivity contribution in [1.82, 2.24) is 4.98 Å². The summed E-state index contributed by atoms with van der Waals surface area (Å²) in [4.78, 5) is 25.5. The Kier molecular flexibility index (Phi) is 3.31. The molecule has 8 heteroatoms. The van der Waals surface area contributed by atoms with Gasteiger partial charge in [0.25, 0.3) is 5.56 Å². The number of carbonyl (C=O) groups excluding carboxylic acids is 1. The van der Waals surface area contributed by atoms with Crippen molar-refractivity contribution in [2.45, 2.75) is 18.5 Å². The minimum atomic E-state index is -4.60. The number of alkyl halides is 3. The summed E-state index contributed by atoms with van der Waals surface area (Å²) in [6, 6.07) is 4.05. The van der Waals surface area contributed by atoms with Crippen molar-refractivity contribution in [1.29, 1.82) is 0 Å². The van der Waals surface area contributed by atoms with E-state index in [1.165, 1.54) is 6.26 Å². The largest absolute Gasteiger partial charge is 0.469 e. The summed E-state index contributed by atoms with van der Waals surface area (Å²) in [5.74, 6) is -0.343. The molecule has 2 heterocycles. The summed E-state index contributed by atoms with van der Waals surface area (Å²) in [5, 5.41) is 2.25. The third kappa shape index (κ3) is 2.76. The molecule has 3 rings (SSSR count). The van der Waals surface area contributed by atoms with Gasteiger partial charge in [0, 0.05) is 18.0 Å². The van der Waals surface area contributed by atoms with E-state index in [0.29, 0.717) is 24.4 Å². The lowest BCUT2D eigenvalue weighted by atomic mass is 10.2. The molecule has 0 bridgehead atoms. The van der Waals surface area contributed by atoms with Gasteiger partial charge in [-0.15, -0.1) is 0 Å². The fourth-order valence-electron chi connectivity index (χ4n) is 2.27. The molecule has 5 nitrogen and oxygen atoms in total. The van der Waals surface area contributed by atoms with E-state index in [0.717, 1.165) is 0 Å². The SMILES string of the molecule is O=C(Nc1cc(C(F)(F)F)c[nH]c1=O)[C@H]1C[C@@H]1c1ccco1. The zero-order valence-electron chi connectivity index (χ0n) is 11.1. The summed E-state index contributed by atoms with van der Waals surface area (Å²) < 4.78 is 43.0. The molecule has 2 aromatic heterocycles. The van der Waals surface area contributed by atoms with Crippen LogP contribution in [0.2, 0.25) is 0 Å². The molecule has 0 spiro atoms. The molecule has 2 N–H and O–H groups in total. The van der Waals surface area contributed by atoms with Gasteiger partial charge >= 0.3 is 6.18 Å². The highest BCUT2D eigenvalue weighted by molar-refractivity contribution is 5.95. The fraction of sp³-hybridized carbons (Fsp3) is 0.286. The molecule has 22 heavy (non-hydrogen) atoms. The van der Waals surface area contributed by atoms with E-state index in [1.54, 1.807) is 12.1 Å². The summed E-state index contributed by atoms with van der Waals surface area (Å²) in [6.45, 7) is 0. The molecule has 0 aromatic carbocycles. The van der Waals surface area contributed by atoms with Crippen LogP contribution >= 0.6 is 0 Å². The van der Waals surface area contributed by atoms with Gasteiger partial charge < -0.3 is 14.7 Å². The lowest BCUT2D eigenvalue weighted by Gasteiger charge is -2.09. The first kappa shape index (κ1) is 14.4. The Bertz CT molecular complexity index is 749. The Labute approximate surface area is 122 Å². The van der Waals surface area contributed by atoms with Crippen molar-refractivity contribution in [3.8, 4) is 0 Å². The summed E-state index contributed by atoms with van der Waals surface area (Å²) >= 11 is 0. The molecule has 2 aromatic rings. The van der Waals surface area contributed by atoms with E-state index in [1.807, 2.05) is 4.98 Å². The third-order valence-electron chi connectivity index (χ3n) is 3.52. The topological polar surface area (TPSA) is 75.1 Å². The number of amides is 1. The van der Waals surface area contributed by atoms with Gasteiger partial charge in [0.15, 0.2) is 0 Å². The van der Waals surface area contributed by atoms with Gasteiger partial charge in [-0.1, -0.05) is 0 Å². The van der Waals surface area contributed by atoms with Crippen molar-refractivity contribution in [2.75, 3.05) is 5.32 Å². The maximum Gasteiger partial charge on any atom is 0.417 e. The molecule has 0 radical (unpaired) electrons. The van der Waals surface area contributed by atoms with Crippen LogP contribution in [0.4, 0.5) is 18.9 Å². The molecule has 0 saturated heterocycles. The number of aromatic amines is 1. The maximum absolute atomic E-state index is 12.6. The van der Waals surface area contributed by atoms with Crippen molar-refractivity contribution in [3.05, 3.63) is 52.3 Å². The number of hydrogen-bond donors (Lipinski definition) is 2. The van der Waals surface area contributed by atoms with Gasteiger partial charge in [-0.05, 0) is 24.6 Å². The first-order chi connectivity index (χ1) is 10.4. The summed E-state index contributed by atoms with van der Waals surface area (Å²) in [6.07, 6.45) is -2.00. The van der Waals surface area contributed by atoms with Gasteiger partial charge in [0.1, 0.15) is 11.4 Å². The molecule has 1 amide bonds. The molecule has 0 unspecified atom stereocenters. The molecular formula is C14H11F3N2O3. The van der Waals surface area contributed by atoms with Crippen molar-refractivity contribution >= 4 is 11.6 Å². The average Bonchev–Trinajstić information content (AvgIpc) is 3.06. The number of pyridine rings is 1. The van der Waals surface area contributed by atoms with E-state index in [-0.39, 0.29) is 5.92 Å². The van der Waals surface area contributed by atoms with E-state index in [4.69, 9.17) is 4.42 Å². The number of H-pyrrole nitrogens is 1. The molecule has 116 valence electrons. The highest BCUT2D eigenvalue weighted by atomic mass is 19.4. The van der Waals surface area contributed by atoms with Gasteiger partial charge in [-0.2, -0.15) is 13.2 Å². The molecule has 2 atom stereocenters. The van der Waals surface area contributed by atoms with Crippen molar-refractivity contribution in [3.63, 3.8) is 0 Å². The van der Waals surface area contributed by atoms with Crippen LogP contribution in [0.25, 0.3) is 0 Å². The first-order valence-corrected chi connectivity index (χ1v) is 6.50. The van der Waals surface area contributed by atoms with Gasteiger partial charge in [-0.3, -0.25) is 9.59 Å². The van der Waals surface area contributed by atoms with Gasteiger partial charge in [0.2, 0.25) is 5.91 Å². The molecule has 1 saturated carbocycles. The number of halogens is 3. The van der Waals surface area contributed by atoms with Crippen LogP contribution in [0, 0.1) is 5.92 Å². The average molecular weight is 312 g/mol. The molecule has 0 aliphatic heterocycles. The molecule has 1 aliphatic rings. The van der Waals surface area contributed by atoms with Crippen LogP contribution in [0.15, 0.2) is 39.9 Å². The predicted molar refractivity (Wildman–Crippen MR) is 70.3 cm³/mol. The van der Waals surface area contributed by atoms with Crippen LogP contribution in [-0.2, 0) is 11.0 Å². The second-order valence-electron chi connectivity index (χ2n) is 5.08. The summed E-state index contributed by atoms with van der Waals surface area (Å²) in [7, 11) is 0. The highest BCUT2D eigenvalue weighted by Gasteiger charge is 2.46. The standard InChI is InChI=1S/C14H11F3N2O3/c15-14(16,17)7-4-10(13(21)18-6-7)19-12(20)9-5-8(9)11-2-1-3-22-11/h1-4,6,8-9H,5H2,(H,18,21)(H,19,20)/t8-,9-/m0/s1. The van der Waals surface area contributed by atoms with E-state index in [2.05, 4.69) is 5.32 Å². The number of anilines is 1. The zero-order valence-corrected chi connectivity index (χ0v) is 11.1. The monoisotopic (exact) mass is 312 g/mol. The Morgan fingerprint density at radius 3 is 2.82 bits per heavy atom. The minimum absolute atomic E-state index is 0.0973. The smallest absolute Gasteiger partial charge is 0.417 e. The number of carbonyl (C=O) groups is 1. The molecular weight excluding hydrogens is 301 g/mol. The zero-order chi connectivity index (χ0) is 15.9. The Morgan fingerprint density at radius 1 is 1.41 bits per heavy atom. The quantitative estimate of drug-likeness (QED) is 0.915. The summed E-state index contributed by atoms with van der Waals surface area (Å²) in [5.41, 5.74) is -2.22. The van der Waals surface area contributed by atoms with Crippen LogP contribution in [0.1, 0.15) is 23.7 Å². The Balaban J connectivity index is 1.74. The van der Waals surface area contributed by atoms with Gasteiger partial charge in [-0.25, -0.2) is 0 Å². The minimum Gasteiger partial charge on any atom is -0.469 e. The maximum atomic E-state index is 12.6. The number of nitrogens with one attached hydrogen (secondary N) is 2. The lowest BCUT2D eigenvalue weighted by molar-refractivity contribution is -0.137. The Hall–Kier alpha value is -2.51. The van der Waals surface area contributed by atoms with E-state index in [9.17, 15) is 22.8 Å². The number of furan rings is 1. The Morgan fingerprint density at radius 2 is 2.18 bits per heavy atom. The second kappa shape index (κ2) is 5.04. The first-order valence-electron chi connectivity index (χ1n) is 6.50. The molecule has 1 aliphatic carbocycles. The van der Waals surface area contributed by atoms with Crippen molar-refractivity contribution < 1.29 is 22.4 Å². The van der Waals surface area contributed by atoms with Gasteiger partial charge in [0.05, 0.1) is 11.8 Å². The molecule has 1 fully saturated rings. The van der Waals surface area contributed by atoms with Crippen LogP contribution in [0.3, 0.4) is 0 Å². The third-order valence-corrected chi connectivity index (χ3v) is 3.52. The number of aromatic nitrogens is 1. The van der Waals surface area contributed by atoms with Crippen LogP contribution in [-0.4, -0.2) is 10.9 Å². The number of rotatable bonds is 3. The number of hydrogen-bond acceptors (Lipinski definition) is 3. The lowest BCUT2D eigenvalue weighted by Crippen LogP contribution is -2.22. The fourth-order valence-corrected chi connectivity index (χ4v) is 2.27. The van der Waals surface area contributed by atoms with Crippen molar-refractivity contribution in [2.24, 2.45) is 5.92 Å². The van der Waals surface area contributed by atoms with Crippen LogP contribution < -0.4 is 10.9 Å². The van der Waals surface area contributed by atoms with E-state index >= 15 is 0 Å². The van der Waals surface area contributed by atoms with E-state index < -0.39 is 34.8 Å². The predicted octanol–water partition coefficient (Wildman–Crippen LogP) is 2.73. The second-order valence-corrected chi connectivity index (χ2v) is 5.08. The normalized spacial score (nSPS) is 20.7. The van der Waals surface area contributed by atoms with Crippen LogP contribution in [0.5, 0.6) is 0 Å².